The van der Waals surface area contributed by atoms with Crippen LogP contribution in [-0.2, 0) is 4.74 Å². The third-order valence-corrected chi connectivity index (χ3v) is 7.03. The minimum absolute atomic E-state index is 0. The molecule has 2 aliphatic rings. The molecule has 2 fully saturated rings. The Kier molecular flexibility index (Phi) is 10.6. The van der Waals surface area contributed by atoms with Crippen LogP contribution in [0, 0.1) is 17.8 Å². The molecule has 0 bridgehead atoms. The Bertz CT molecular complexity index is 676. The topological polar surface area (TPSA) is 54.4 Å². The number of nitrogens with zero attached hydrogens (tertiary/aromatic N) is 2. The van der Waals surface area contributed by atoms with Gasteiger partial charge in [-0.1, -0.05) is 34.6 Å². The second kappa shape index (κ2) is 12.7. The van der Waals surface area contributed by atoms with E-state index in [9.17, 15) is 5.11 Å². The van der Waals surface area contributed by atoms with Crippen LogP contribution < -0.4 is 14.4 Å². The van der Waals surface area contributed by atoms with E-state index in [4.69, 9.17) is 14.2 Å². The van der Waals surface area contributed by atoms with Gasteiger partial charge >= 0.3 is 0 Å². The number of aliphatic hydroxyl groups is 1. The molecule has 1 heterocycles. The number of piperazine rings is 1. The molecule has 0 spiro atoms. The van der Waals surface area contributed by atoms with Gasteiger partial charge in [-0.2, -0.15) is 0 Å². The highest BCUT2D eigenvalue weighted by molar-refractivity contribution is 5.61. The molecule has 6 nitrogen and oxygen atoms in total. The summed E-state index contributed by atoms with van der Waals surface area (Å²) in [6, 6.07) is 5.97. The molecule has 4 atom stereocenters. The first-order valence-electron chi connectivity index (χ1n) is 11.9. The molecule has 6 heteroatoms. The summed E-state index contributed by atoms with van der Waals surface area (Å²) in [7, 11) is 3.36. The van der Waals surface area contributed by atoms with E-state index in [1.165, 1.54) is 12.8 Å². The Hall–Kier alpha value is -1.50. The molecule has 1 N–H and O–H groups in total. The average Bonchev–Trinajstić information content (AvgIpc) is 2.77. The molecule has 1 aromatic carbocycles. The van der Waals surface area contributed by atoms with Crippen molar-refractivity contribution in [1.82, 2.24) is 4.90 Å². The van der Waals surface area contributed by atoms with Crippen molar-refractivity contribution in [2.24, 2.45) is 17.8 Å². The molecule has 32 heavy (non-hydrogen) atoms. The number of anilines is 1. The van der Waals surface area contributed by atoms with Gasteiger partial charge < -0.3 is 24.2 Å². The van der Waals surface area contributed by atoms with Crippen LogP contribution in [0.3, 0.4) is 0 Å². The van der Waals surface area contributed by atoms with Crippen LogP contribution in [0.1, 0.15) is 47.5 Å². The maximum atomic E-state index is 10.6. The number of hydrogen-bond donors (Lipinski definition) is 1. The second-order valence-corrected chi connectivity index (χ2v) is 9.68. The third kappa shape index (κ3) is 7.00. The SMILES string of the molecule is C.COc1ccc(N2CCN(CC(O)COC3CC(C)CCC3C(C)C)CC2)c(OC)c1. The number of aliphatic hydroxyl groups excluding tert-OH is 1. The number of hydrogen-bond acceptors (Lipinski definition) is 6. The summed E-state index contributed by atoms with van der Waals surface area (Å²) < 4.78 is 17.1. The van der Waals surface area contributed by atoms with Crippen LogP contribution in [0.2, 0.25) is 0 Å². The highest BCUT2D eigenvalue weighted by atomic mass is 16.5. The molecule has 1 aromatic rings. The maximum absolute atomic E-state index is 10.6. The first kappa shape index (κ1) is 26.7. The number of β-amino-alcohol motifs (C(OH)–C–C–N with tert-alkyl or cyclic N) is 1. The number of ether oxygens (including phenoxy) is 3. The maximum Gasteiger partial charge on any atom is 0.145 e. The highest BCUT2D eigenvalue weighted by Gasteiger charge is 2.32. The highest BCUT2D eigenvalue weighted by Crippen LogP contribution is 2.35. The summed E-state index contributed by atoms with van der Waals surface area (Å²) in [6.45, 7) is 11.7. The largest absolute Gasteiger partial charge is 0.497 e. The lowest BCUT2D eigenvalue weighted by atomic mass is 9.75. The van der Waals surface area contributed by atoms with E-state index in [0.717, 1.165) is 55.7 Å². The lowest BCUT2D eigenvalue weighted by molar-refractivity contribution is -0.0740. The van der Waals surface area contributed by atoms with E-state index >= 15 is 0 Å². The molecular formula is C26H46N2O4. The fourth-order valence-electron chi connectivity index (χ4n) is 5.11. The second-order valence-electron chi connectivity index (χ2n) is 9.68. The molecule has 1 saturated carbocycles. The van der Waals surface area contributed by atoms with Crippen molar-refractivity contribution in [3.63, 3.8) is 0 Å². The molecule has 3 rings (SSSR count). The fourth-order valence-corrected chi connectivity index (χ4v) is 5.11. The van der Waals surface area contributed by atoms with Gasteiger partial charge in [0.15, 0.2) is 0 Å². The van der Waals surface area contributed by atoms with Crippen molar-refractivity contribution >= 4 is 5.69 Å². The van der Waals surface area contributed by atoms with Gasteiger partial charge in [0.1, 0.15) is 11.5 Å². The van der Waals surface area contributed by atoms with Gasteiger partial charge in [-0.15, -0.1) is 0 Å². The Balaban J connectivity index is 0.00000363. The number of benzene rings is 1. The van der Waals surface area contributed by atoms with Crippen LogP contribution in [0.25, 0.3) is 0 Å². The summed E-state index contributed by atoms with van der Waals surface area (Å²) >= 11 is 0. The van der Waals surface area contributed by atoms with Crippen LogP contribution in [-0.4, -0.2) is 75.8 Å². The minimum atomic E-state index is -0.438. The van der Waals surface area contributed by atoms with E-state index in [2.05, 4.69) is 36.6 Å². The normalized spacial score (nSPS) is 25.3. The van der Waals surface area contributed by atoms with Gasteiger partial charge in [0.05, 0.1) is 38.7 Å². The third-order valence-electron chi connectivity index (χ3n) is 7.03. The average molecular weight is 451 g/mol. The van der Waals surface area contributed by atoms with E-state index < -0.39 is 6.10 Å². The zero-order valence-electron chi connectivity index (χ0n) is 20.0. The van der Waals surface area contributed by atoms with Crippen LogP contribution in [0.5, 0.6) is 11.5 Å². The van der Waals surface area contributed by atoms with Gasteiger partial charge in [0.2, 0.25) is 0 Å². The molecule has 4 unspecified atom stereocenters. The van der Waals surface area contributed by atoms with E-state index in [1.807, 2.05) is 12.1 Å². The Morgan fingerprint density at radius 3 is 2.41 bits per heavy atom. The van der Waals surface area contributed by atoms with Gasteiger partial charge in [0, 0.05) is 38.8 Å². The summed E-state index contributed by atoms with van der Waals surface area (Å²) in [5, 5.41) is 10.6. The molecule has 1 saturated heterocycles. The predicted octanol–water partition coefficient (Wildman–Crippen LogP) is 4.30. The molecule has 184 valence electrons. The molecule has 0 radical (unpaired) electrons. The van der Waals surface area contributed by atoms with Gasteiger partial charge in [-0.25, -0.2) is 0 Å². The van der Waals surface area contributed by atoms with Gasteiger partial charge in [-0.3, -0.25) is 4.90 Å². The summed E-state index contributed by atoms with van der Waals surface area (Å²) in [5.41, 5.74) is 1.10. The smallest absolute Gasteiger partial charge is 0.145 e. The summed E-state index contributed by atoms with van der Waals surface area (Å²) in [6.07, 6.45) is 3.52. The first-order valence-corrected chi connectivity index (χ1v) is 11.9. The Labute approximate surface area is 195 Å². The zero-order valence-corrected chi connectivity index (χ0v) is 20.0. The fraction of sp³-hybridized carbons (Fsp3) is 0.769. The van der Waals surface area contributed by atoms with Crippen LogP contribution in [0.4, 0.5) is 5.69 Å². The molecule has 0 amide bonds. The molecular weight excluding hydrogens is 404 g/mol. The number of methoxy groups -OCH3 is 2. The molecule has 0 aromatic heterocycles. The number of rotatable bonds is 9. The van der Waals surface area contributed by atoms with Gasteiger partial charge in [0.25, 0.3) is 0 Å². The lowest BCUT2D eigenvalue weighted by Crippen LogP contribution is -2.49. The van der Waals surface area contributed by atoms with Crippen molar-refractivity contribution in [1.29, 1.82) is 0 Å². The first-order chi connectivity index (χ1) is 14.9. The minimum Gasteiger partial charge on any atom is -0.497 e. The van der Waals surface area contributed by atoms with Crippen LogP contribution >= 0.6 is 0 Å². The molecule has 1 aliphatic carbocycles. The lowest BCUT2D eigenvalue weighted by Gasteiger charge is -2.39. The van der Waals surface area contributed by atoms with Gasteiger partial charge in [-0.05, 0) is 42.7 Å². The Morgan fingerprint density at radius 2 is 1.78 bits per heavy atom. The van der Waals surface area contributed by atoms with Crippen molar-refractivity contribution < 1.29 is 19.3 Å². The van der Waals surface area contributed by atoms with E-state index in [1.54, 1.807) is 14.2 Å². The monoisotopic (exact) mass is 450 g/mol. The van der Waals surface area contributed by atoms with Crippen molar-refractivity contribution in [2.45, 2.75) is 59.7 Å². The standard InChI is InChI=1S/C25H42N2O4.CH4/c1-18(2)22-8-6-19(3)14-24(22)31-17-20(28)16-26-10-12-27(13-11-26)23-9-7-21(29-4)15-25(23)30-5;/h7,9,15,18-20,22,24,28H,6,8,10-14,16-17H2,1-5H3;1H4. The van der Waals surface area contributed by atoms with Crippen LogP contribution in [0.15, 0.2) is 18.2 Å². The van der Waals surface area contributed by atoms with Crippen molar-refractivity contribution in [3.8, 4) is 11.5 Å². The quantitative estimate of drug-likeness (QED) is 0.605. The molecule has 1 aliphatic heterocycles. The van der Waals surface area contributed by atoms with Crippen molar-refractivity contribution in [2.75, 3.05) is 58.5 Å². The zero-order chi connectivity index (χ0) is 22.4. The summed E-state index contributed by atoms with van der Waals surface area (Å²) in [5.74, 6) is 3.61. The predicted molar refractivity (Wildman–Crippen MR) is 132 cm³/mol. The summed E-state index contributed by atoms with van der Waals surface area (Å²) in [4.78, 5) is 4.68. The van der Waals surface area contributed by atoms with E-state index in [-0.39, 0.29) is 13.5 Å². The van der Waals surface area contributed by atoms with E-state index in [0.29, 0.717) is 25.0 Å². The van der Waals surface area contributed by atoms with Crippen molar-refractivity contribution in [3.05, 3.63) is 18.2 Å². The Morgan fingerprint density at radius 1 is 1.06 bits per heavy atom.